The molecule has 2 amide bonds. The first-order valence-electron chi connectivity index (χ1n) is 7.94. The predicted octanol–water partition coefficient (Wildman–Crippen LogP) is 2.00. The van der Waals surface area contributed by atoms with Gasteiger partial charge in [0, 0.05) is 25.6 Å². The molecule has 2 N–H and O–H groups in total. The molecule has 0 spiro atoms. The van der Waals surface area contributed by atoms with E-state index in [0.717, 1.165) is 13.1 Å². The molecule has 1 aromatic rings. The number of anilines is 1. The van der Waals surface area contributed by atoms with Crippen molar-refractivity contribution in [1.82, 2.24) is 10.2 Å². The summed E-state index contributed by atoms with van der Waals surface area (Å²) in [4.78, 5) is 26.0. The highest BCUT2D eigenvalue weighted by atomic mass is 35.5. The molecule has 0 saturated carbocycles. The Morgan fingerprint density at radius 3 is 2.54 bits per heavy atom. The zero-order valence-electron chi connectivity index (χ0n) is 14.6. The first-order chi connectivity index (χ1) is 10.9. The molecule has 6 nitrogen and oxygen atoms in total. The van der Waals surface area contributed by atoms with Crippen molar-refractivity contribution in [3.63, 3.8) is 0 Å². The lowest BCUT2D eigenvalue weighted by Crippen LogP contribution is -2.48. The molecule has 24 heavy (non-hydrogen) atoms. The average molecular weight is 356 g/mol. The fourth-order valence-electron chi connectivity index (χ4n) is 2.43. The molecule has 0 radical (unpaired) electrons. The lowest BCUT2D eigenvalue weighted by molar-refractivity contribution is -0.121. The number of amides is 2. The number of nitrogens with one attached hydrogen (secondary N) is 2. The van der Waals surface area contributed by atoms with Crippen LogP contribution in [0, 0.1) is 11.8 Å². The Morgan fingerprint density at radius 2 is 2.04 bits per heavy atom. The van der Waals surface area contributed by atoms with Gasteiger partial charge >= 0.3 is 0 Å². The molecule has 1 fully saturated rings. The molecule has 0 bridgehead atoms. The Labute approximate surface area is 149 Å². The van der Waals surface area contributed by atoms with Gasteiger partial charge in [-0.05, 0) is 44.1 Å². The van der Waals surface area contributed by atoms with Crippen LogP contribution in [0.4, 0.5) is 5.69 Å². The SMILES string of the molecule is CCOc1ccc(C(=O)N(C)C)cc1NC(=O)C(C)C1CNC1.Cl. The smallest absolute Gasteiger partial charge is 0.253 e. The molecule has 0 aromatic heterocycles. The van der Waals surface area contributed by atoms with Gasteiger partial charge in [-0.3, -0.25) is 9.59 Å². The summed E-state index contributed by atoms with van der Waals surface area (Å²) >= 11 is 0. The number of nitrogens with zero attached hydrogens (tertiary/aromatic N) is 1. The summed E-state index contributed by atoms with van der Waals surface area (Å²) in [5.74, 6) is 0.692. The summed E-state index contributed by atoms with van der Waals surface area (Å²) in [6.45, 7) is 6.03. The topological polar surface area (TPSA) is 70.7 Å². The largest absolute Gasteiger partial charge is 0.492 e. The number of ether oxygens (including phenoxy) is 1. The molecule has 1 heterocycles. The van der Waals surface area contributed by atoms with E-state index in [1.54, 1.807) is 32.3 Å². The van der Waals surface area contributed by atoms with Gasteiger partial charge in [-0.15, -0.1) is 12.4 Å². The van der Waals surface area contributed by atoms with Gasteiger partial charge < -0.3 is 20.3 Å². The molecule has 1 aliphatic heterocycles. The normalized spacial score (nSPS) is 14.8. The van der Waals surface area contributed by atoms with Crippen LogP contribution in [0.1, 0.15) is 24.2 Å². The third-order valence-electron chi connectivity index (χ3n) is 4.12. The van der Waals surface area contributed by atoms with E-state index in [4.69, 9.17) is 4.74 Å². The number of halogens is 1. The highest BCUT2D eigenvalue weighted by molar-refractivity contribution is 5.98. The molecule has 0 aliphatic carbocycles. The zero-order chi connectivity index (χ0) is 17.0. The third-order valence-corrected chi connectivity index (χ3v) is 4.12. The first kappa shape index (κ1) is 20.3. The zero-order valence-corrected chi connectivity index (χ0v) is 15.4. The minimum absolute atomic E-state index is 0. The van der Waals surface area contributed by atoms with Crippen LogP contribution in [0.2, 0.25) is 0 Å². The van der Waals surface area contributed by atoms with E-state index in [1.165, 1.54) is 4.90 Å². The third kappa shape index (κ3) is 4.61. The van der Waals surface area contributed by atoms with Gasteiger partial charge in [0.25, 0.3) is 5.91 Å². The van der Waals surface area contributed by atoms with Crippen LogP contribution < -0.4 is 15.4 Å². The van der Waals surface area contributed by atoms with Crippen molar-refractivity contribution >= 4 is 29.9 Å². The van der Waals surface area contributed by atoms with Crippen molar-refractivity contribution in [2.45, 2.75) is 13.8 Å². The predicted molar refractivity (Wildman–Crippen MR) is 97.0 cm³/mol. The van der Waals surface area contributed by atoms with Crippen molar-refractivity contribution in [1.29, 1.82) is 0 Å². The van der Waals surface area contributed by atoms with Gasteiger partial charge in [0.05, 0.1) is 12.3 Å². The Balaban J connectivity index is 0.00000288. The number of rotatable bonds is 6. The minimum atomic E-state index is -0.111. The van der Waals surface area contributed by atoms with Gasteiger partial charge in [-0.1, -0.05) is 6.92 Å². The van der Waals surface area contributed by atoms with Crippen LogP contribution in [0.15, 0.2) is 18.2 Å². The van der Waals surface area contributed by atoms with Crippen molar-refractivity contribution < 1.29 is 14.3 Å². The van der Waals surface area contributed by atoms with Crippen LogP contribution in [0.25, 0.3) is 0 Å². The minimum Gasteiger partial charge on any atom is -0.492 e. The van der Waals surface area contributed by atoms with Crippen LogP contribution in [0.3, 0.4) is 0 Å². The van der Waals surface area contributed by atoms with Crippen molar-refractivity contribution in [3.05, 3.63) is 23.8 Å². The van der Waals surface area contributed by atoms with Gasteiger partial charge in [0.2, 0.25) is 5.91 Å². The standard InChI is InChI=1S/C17H25N3O3.ClH/c1-5-23-15-7-6-12(17(22)20(3)4)8-14(15)19-16(21)11(2)13-9-18-10-13;/h6-8,11,13,18H,5,9-10H2,1-4H3,(H,19,21);1H. The number of benzene rings is 1. The molecule has 1 aromatic carbocycles. The molecule has 2 rings (SSSR count). The fraction of sp³-hybridized carbons (Fsp3) is 0.529. The summed E-state index contributed by atoms with van der Waals surface area (Å²) in [6, 6.07) is 5.12. The monoisotopic (exact) mass is 355 g/mol. The molecule has 7 heteroatoms. The number of carbonyl (C=O) groups excluding carboxylic acids is 2. The van der Waals surface area contributed by atoms with Gasteiger partial charge in [0.15, 0.2) is 0 Å². The maximum atomic E-state index is 12.4. The Hall–Kier alpha value is -1.79. The van der Waals surface area contributed by atoms with Crippen molar-refractivity contribution in [2.75, 3.05) is 39.1 Å². The Kier molecular flexibility index (Phi) is 7.51. The van der Waals surface area contributed by atoms with Crippen LogP contribution in [0.5, 0.6) is 5.75 Å². The summed E-state index contributed by atoms with van der Waals surface area (Å²) in [6.07, 6.45) is 0. The Bertz CT molecular complexity index is 588. The van der Waals surface area contributed by atoms with Crippen LogP contribution in [-0.4, -0.2) is 50.5 Å². The number of carbonyl (C=O) groups is 2. The van der Waals surface area contributed by atoms with Crippen LogP contribution in [-0.2, 0) is 4.79 Å². The lowest BCUT2D eigenvalue weighted by Gasteiger charge is -2.31. The maximum Gasteiger partial charge on any atom is 0.253 e. The second kappa shape index (κ2) is 8.89. The van der Waals surface area contributed by atoms with E-state index in [9.17, 15) is 9.59 Å². The summed E-state index contributed by atoms with van der Waals surface area (Å²) in [5.41, 5.74) is 1.07. The summed E-state index contributed by atoms with van der Waals surface area (Å²) in [7, 11) is 3.39. The molecular weight excluding hydrogens is 330 g/mol. The van der Waals surface area contributed by atoms with Gasteiger partial charge in [0.1, 0.15) is 5.75 Å². The lowest BCUT2D eigenvalue weighted by atomic mass is 9.88. The van der Waals surface area contributed by atoms with E-state index < -0.39 is 0 Å². The number of hydrogen-bond donors (Lipinski definition) is 2. The van der Waals surface area contributed by atoms with Crippen molar-refractivity contribution in [2.24, 2.45) is 11.8 Å². The van der Waals surface area contributed by atoms with Crippen LogP contribution >= 0.6 is 12.4 Å². The molecule has 1 unspecified atom stereocenters. The highest BCUT2D eigenvalue weighted by Gasteiger charge is 2.29. The quantitative estimate of drug-likeness (QED) is 0.818. The molecule has 134 valence electrons. The molecule has 1 aliphatic rings. The molecule has 1 saturated heterocycles. The van der Waals surface area contributed by atoms with E-state index in [2.05, 4.69) is 10.6 Å². The highest BCUT2D eigenvalue weighted by Crippen LogP contribution is 2.28. The molecule has 1 atom stereocenters. The fourth-order valence-corrected chi connectivity index (χ4v) is 2.43. The molecular formula is C17H26ClN3O3. The van der Waals surface area contributed by atoms with Gasteiger partial charge in [-0.25, -0.2) is 0 Å². The number of hydrogen-bond acceptors (Lipinski definition) is 4. The van der Waals surface area contributed by atoms with E-state index in [1.807, 2.05) is 13.8 Å². The maximum absolute atomic E-state index is 12.4. The van der Waals surface area contributed by atoms with E-state index in [-0.39, 0.29) is 30.1 Å². The second-order valence-corrected chi connectivity index (χ2v) is 6.04. The Morgan fingerprint density at radius 1 is 1.38 bits per heavy atom. The summed E-state index contributed by atoms with van der Waals surface area (Å²) in [5, 5.41) is 6.09. The second-order valence-electron chi connectivity index (χ2n) is 6.04. The summed E-state index contributed by atoms with van der Waals surface area (Å²) < 4.78 is 5.56. The van der Waals surface area contributed by atoms with E-state index >= 15 is 0 Å². The average Bonchev–Trinajstić information content (AvgIpc) is 2.46. The first-order valence-corrected chi connectivity index (χ1v) is 7.94. The van der Waals surface area contributed by atoms with Crippen molar-refractivity contribution in [3.8, 4) is 5.75 Å². The van der Waals surface area contributed by atoms with Gasteiger partial charge in [-0.2, -0.15) is 0 Å². The van der Waals surface area contributed by atoms with E-state index in [0.29, 0.717) is 29.5 Å².